The van der Waals surface area contributed by atoms with E-state index < -0.39 is 6.04 Å². The third-order valence-electron chi connectivity index (χ3n) is 5.23. The molecule has 2 amide bonds. The molecular formula is C26H30N2O4S. The molecule has 6 nitrogen and oxygen atoms in total. The molecule has 7 heteroatoms. The monoisotopic (exact) mass is 466 g/mol. The van der Waals surface area contributed by atoms with E-state index in [4.69, 9.17) is 9.47 Å². The Morgan fingerprint density at radius 2 is 1.76 bits per heavy atom. The smallest absolute Gasteiger partial charge is 0.262 e. The molecule has 0 radical (unpaired) electrons. The molecule has 174 valence electrons. The molecule has 3 rings (SSSR count). The molecule has 1 atom stereocenters. The second kappa shape index (κ2) is 11.5. The van der Waals surface area contributed by atoms with E-state index in [2.05, 4.69) is 5.32 Å². The van der Waals surface area contributed by atoms with Gasteiger partial charge in [-0.05, 0) is 40.6 Å². The molecule has 0 bridgehead atoms. The molecule has 2 aromatic carbocycles. The number of thiophene rings is 1. The highest BCUT2D eigenvalue weighted by atomic mass is 32.1. The summed E-state index contributed by atoms with van der Waals surface area (Å²) in [6, 6.07) is 18.5. The molecule has 1 heterocycles. The van der Waals surface area contributed by atoms with Crippen LogP contribution in [0, 0.1) is 5.92 Å². The fourth-order valence-electron chi connectivity index (χ4n) is 3.39. The number of carbonyl (C=O) groups is 2. The Morgan fingerprint density at radius 3 is 2.39 bits per heavy atom. The van der Waals surface area contributed by atoms with E-state index in [1.807, 2.05) is 73.8 Å². The molecule has 0 aliphatic rings. The molecule has 0 saturated heterocycles. The predicted molar refractivity (Wildman–Crippen MR) is 131 cm³/mol. The van der Waals surface area contributed by atoms with Crippen LogP contribution in [0.1, 0.15) is 34.6 Å². The second-order valence-corrected chi connectivity index (χ2v) is 9.07. The maximum atomic E-state index is 13.1. The van der Waals surface area contributed by atoms with Gasteiger partial charge in [-0.3, -0.25) is 9.59 Å². The van der Waals surface area contributed by atoms with E-state index in [-0.39, 0.29) is 17.7 Å². The van der Waals surface area contributed by atoms with E-state index in [1.54, 1.807) is 25.1 Å². The van der Waals surface area contributed by atoms with Gasteiger partial charge in [0.05, 0.1) is 12.0 Å². The van der Waals surface area contributed by atoms with Crippen molar-refractivity contribution in [2.75, 3.05) is 14.2 Å². The van der Waals surface area contributed by atoms with Crippen LogP contribution in [0.4, 0.5) is 0 Å². The summed E-state index contributed by atoms with van der Waals surface area (Å²) in [5.41, 5.74) is 1.97. The number of nitrogens with zero attached hydrogens (tertiary/aromatic N) is 1. The Kier molecular flexibility index (Phi) is 8.49. The fraction of sp³-hybridized carbons (Fsp3) is 0.308. The molecule has 1 N–H and O–H groups in total. The maximum Gasteiger partial charge on any atom is 0.262 e. The van der Waals surface area contributed by atoms with Crippen LogP contribution in [0.2, 0.25) is 0 Å². The number of benzene rings is 2. The van der Waals surface area contributed by atoms with Gasteiger partial charge in [-0.15, -0.1) is 11.3 Å². The van der Waals surface area contributed by atoms with E-state index in [9.17, 15) is 9.59 Å². The highest BCUT2D eigenvalue weighted by Crippen LogP contribution is 2.29. The Hall–Kier alpha value is -3.32. The number of amides is 2. The number of rotatable bonds is 10. The molecular weight excluding hydrogens is 436 g/mol. The number of hydrogen-bond acceptors (Lipinski definition) is 5. The van der Waals surface area contributed by atoms with E-state index in [0.717, 1.165) is 11.1 Å². The summed E-state index contributed by atoms with van der Waals surface area (Å²) in [6.45, 7) is 4.67. The van der Waals surface area contributed by atoms with Crippen molar-refractivity contribution >= 4 is 23.2 Å². The van der Waals surface area contributed by atoms with Crippen molar-refractivity contribution in [3.05, 3.63) is 82.0 Å². The average molecular weight is 467 g/mol. The lowest BCUT2D eigenvalue weighted by molar-refractivity contribution is -0.133. The van der Waals surface area contributed by atoms with Crippen LogP contribution in [0.25, 0.3) is 0 Å². The lowest BCUT2D eigenvalue weighted by Crippen LogP contribution is -2.49. The molecule has 3 aromatic rings. The van der Waals surface area contributed by atoms with Gasteiger partial charge in [0.25, 0.3) is 5.91 Å². The Labute approximate surface area is 199 Å². The van der Waals surface area contributed by atoms with Gasteiger partial charge in [-0.2, -0.15) is 0 Å². The molecule has 33 heavy (non-hydrogen) atoms. The highest BCUT2D eigenvalue weighted by Gasteiger charge is 2.27. The van der Waals surface area contributed by atoms with Crippen LogP contribution in [-0.2, 0) is 17.9 Å². The Balaban J connectivity index is 1.65. The summed E-state index contributed by atoms with van der Waals surface area (Å²) in [6.07, 6.45) is 0. The van der Waals surface area contributed by atoms with Crippen LogP contribution in [0.3, 0.4) is 0 Å². The summed E-state index contributed by atoms with van der Waals surface area (Å²) >= 11 is 1.35. The van der Waals surface area contributed by atoms with Crippen LogP contribution in [-0.4, -0.2) is 36.9 Å². The molecule has 0 aliphatic heterocycles. The zero-order valence-corrected chi connectivity index (χ0v) is 20.2. The minimum Gasteiger partial charge on any atom is -0.493 e. The molecule has 0 saturated carbocycles. The lowest BCUT2D eigenvalue weighted by atomic mass is 10.0. The quantitative estimate of drug-likeness (QED) is 0.468. The zero-order chi connectivity index (χ0) is 23.8. The molecule has 0 spiro atoms. The number of methoxy groups -OCH3 is 1. The van der Waals surface area contributed by atoms with E-state index >= 15 is 0 Å². The SMILES string of the molecule is COc1cc(CN(C)C(=O)[C@H](NC(=O)c2cccs2)C(C)C)ccc1OCc1ccccc1. The highest BCUT2D eigenvalue weighted by molar-refractivity contribution is 7.12. The van der Waals surface area contributed by atoms with Gasteiger partial charge in [0, 0.05) is 13.6 Å². The van der Waals surface area contributed by atoms with Crippen LogP contribution in [0.15, 0.2) is 66.0 Å². The molecule has 1 aromatic heterocycles. The van der Waals surface area contributed by atoms with Gasteiger partial charge in [0.1, 0.15) is 12.6 Å². The summed E-state index contributed by atoms with van der Waals surface area (Å²) in [5.74, 6) is 0.829. The fourth-order valence-corrected chi connectivity index (χ4v) is 4.01. The van der Waals surface area contributed by atoms with Crippen molar-refractivity contribution in [3.63, 3.8) is 0 Å². The van der Waals surface area contributed by atoms with Crippen molar-refractivity contribution < 1.29 is 19.1 Å². The largest absolute Gasteiger partial charge is 0.493 e. The van der Waals surface area contributed by atoms with Gasteiger partial charge >= 0.3 is 0 Å². The molecule has 0 fully saturated rings. The standard InChI is InChI=1S/C26H30N2O4S/c1-18(2)24(27-25(29)23-11-8-14-33-23)26(30)28(3)16-20-12-13-21(22(15-20)31-4)32-17-19-9-6-5-7-10-19/h5-15,18,24H,16-17H2,1-4H3,(H,27,29)/t24-/m1/s1. The third kappa shape index (κ3) is 6.58. The summed E-state index contributed by atoms with van der Waals surface area (Å²) in [5, 5.41) is 4.73. The number of hydrogen-bond donors (Lipinski definition) is 1. The third-order valence-corrected chi connectivity index (χ3v) is 6.09. The van der Waals surface area contributed by atoms with Crippen molar-refractivity contribution in [1.82, 2.24) is 10.2 Å². The average Bonchev–Trinajstić information content (AvgIpc) is 3.36. The van der Waals surface area contributed by atoms with Gasteiger partial charge < -0.3 is 19.7 Å². The number of ether oxygens (including phenoxy) is 2. The number of nitrogens with one attached hydrogen (secondary N) is 1. The van der Waals surface area contributed by atoms with Crippen molar-refractivity contribution in [2.45, 2.75) is 33.0 Å². The zero-order valence-electron chi connectivity index (χ0n) is 19.4. The minimum atomic E-state index is -0.611. The summed E-state index contributed by atoms with van der Waals surface area (Å²) in [4.78, 5) is 27.8. The number of likely N-dealkylation sites (N-methyl/N-ethyl adjacent to an activating group) is 1. The first-order chi connectivity index (χ1) is 15.9. The topological polar surface area (TPSA) is 67.9 Å². The summed E-state index contributed by atoms with van der Waals surface area (Å²) in [7, 11) is 3.33. The molecule has 0 aliphatic carbocycles. The lowest BCUT2D eigenvalue weighted by Gasteiger charge is -2.27. The van der Waals surface area contributed by atoms with Crippen molar-refractivity contribution in [3.8, 4) is 11.5 Å². The normalized spacial score (nSPS) is 11.7. The van der Waals surface area contributed by atoms with E-state index in [1.165, 1.54) is 11.3 Å². The van der Waals surface area contributed by atoms with E-state index in [0.29, 0.717) is 29.5 Å². The van der Waals surface area contributed by atoms with Gasteiger partial charge in [-0.25, -0.2) is 0 Å². The van der Waals surface area contributed by atoms with Crippen molar-refractivity contribution in [2.24, 2.45) is 5.92 Å². The maximum absolute atomic E-state index is 13.1. The molecule has 0 unspecified atom stereocenters. The van der Waals surface area contributed by atoms with Crippen LogP contribution >= 0.6 is 11.3 Å². The first kappa shape index (κ1) is 24.3. The second-order valence-electron chi connectivity index (χ2n) is 8.13. The minimum absolute atomic E-state index is 0.0489. The first-order valence-electron chi connectivity index (χ1n) is 10.8. The van der Waals surface area contributed by atoms with Crippen LogP contribution < -0.4 is 14.8 Å². The number of carbonyl (C=O) groups excluding carboxylic acids is 2. The van der Waals surface area contributed by atoms with Gasteiger partial charge in [0.2, 0.25) is 5.91 Å². The summed E-state index contributed by atoms with van der Waals surface area (Å²) < 4.78 is 11.4. The van der Waals surface area contributed by atoms with Gasteiger partial charge in [-0.1, -0.05) is 56.3 Å². The van der Waals surface area contributed by atoms with Gasteiger partial charge in [0.15, 0.2) is 11.5 Å². The Bertz CT molecular complexity index is 1050. The first-order valence-corrected chi connectivity index (χ1v) is 11.7. The Morgan fingerprint density at radius 1 is 1.00 bits per heavy atom. The van der Waals surface area contributed by atoms with Crippen LogP contribution in [0.5, 0.6) is 11.5 Å². The van der Waals surface area contributed by atoms with Crippen molar-refractivity contribution in [1.29, 1.82) is 0 Å². The predicted octanol–water partition coefficient (Wildman–Crippen LogP) is 4.75.